The van der Waals surface area contributed by atoms with Crippen LogP contribution >= 0.6 is 0 Å². The summed E-state index contributed by atoms with van der Waals surface area (Å²) in [5.74, 6) is 1.78. The van der Waals surface area contributed by atoms with Crippen LogP contribution in [0, 0.1) is 5.92 Å². The molecular formula is C12H18N2O2. The summed E-state index contributed by atoms with van der Waals surface area (Å²) in [6, 6.07) is 1.79. The van der Waals surface area contributed by atoms with Crippen molar-refractivity contribution in [3.8, 4) is 0 Å². The first-order chi connectivity index (χ1) is 7.58. The lowest BCUT2D eigenvalue weighted by Gasteiger charge is -2.17. The van der Waals surface area contributed by atoms with Crippen LogP contribution in [0.1, 0.15) is 48.9 Å². The minimum Gasteiger partial charge on any atom is -0.360 e. The molecule has 0 unspecified atom stereocenters. The van der Waals surface area contributed by atoms with E-state index in [1.807, 2.05) is 0 Å². The maximum absolute atomic E-state index is 11.9. The summed E-state index contributed by atoms with van der Waals surface area (Å²) in [5.41, 5.74) is 0.435. The summed E-state index contributed by atoms with van der Waals surface area (Å²) in [5, 5.41) is 3.84. The highest BCUT2D eigenvalue weighted by Gasteiger charge is 2.29. The zero-order chi connectivity index (χ0) is 11.7. The summed E-state index contributed by atoms with van der Waals surface area (Å²) in [6.45, 7) is 4.91. The van der Waals surface area contributed by atoms with E-state index >= 15 is 0 Å². The predicted molar refractivity (Wildman–Crippen MR) is 60.3 cm³/mol. The van der Waals surface area contributed by atoms with Gasteiger partial charge in [0.1, 0.15) is 5.76 Å². The van der Waals surface area contributed by atoms with Crippen LogP contribution in [0.3, 0.4) is 0 Å². The van der Waals surface area contributed by atoms with E-state index in [2.05, 4.69) is 19.0 Å². The van der Waals surface area contributed by atoms with E-state index in [0.29, 0.717) is 17.5 Å². The smallest absolute Gasteiger partial charge is 0.275 e. The molecule has 88 valence electrons. The van der Waals surface area contributed by atoms with Gasteiger partial charge in [0.2, 0.25) is 0 Å². The molecule has 1 fully saturated rings. The molecule has 4 nitrogen and oxygen atoms in total. The highest BCUT2D eigenvalue weighted by molar-refractivity contribution is 5.92. The molecule has 4 heteroatoms. The van der Waals surface area contributed by atoms with E-state index in [4.69, 9.17) is 4.52 Å². The van der Waals surface area contributed by atoms with Gasteiger partial charge in [-0.1, -0.05) is 19.0 Å². The molecule has 0 bridgehead atoms. The van der Waals surface area contributed by atoms with Crippen LogP contribution in [0.25, 0.3) is 0 Å². The second-order valence-electron chi connectivity index (χ2n) is 4.97. The van der Waals surface area contributed by atoms with Crippen molar-refractivity contribution in [2.24, 2.45) is 5.92 Å². The SMILES string of the molecule is CC(C)CN(C)C(=O)c1cc(C2CC2)on1. The average Bonchev–Trinajstić information content (AvgIpc) is 2.95. The predicted octanol–water partition coefficient (Wildman–Crippen LogP) is 2.28. The first kappa shape index (κ1) is 11.2. The molecule has 0 aromatic carbocycles. The van der Waals surface area contributed by atoms with Crippen molar-refractivity contribution in [2.75, 3.05) is 13.6 Å². The lowest BCUT2D eigenvalue weighted by Crippen LogP contribution is -2.30. The highest BCUT2D eigenvalue weighted by atomic mass is 16.5. The molecule has 0 atom stereocenters. The van der Waals surface area contributed by atoms with Crippen molar-refractivity contribution in [1.82, 2.24) is 10.1 Å². The Balaban J connectivity index is 2.01. The number of hydrogen-bond acceptors (Lipinski definition) is 3. The third-order valence-electron chi connectivity index (χ3n) is 2.71. The standard InChI is InChI=1S/C12H18N2O2/c1-8(2)7-14(3)12(15)10-6-11(16-13-10)9-4-5-9/h6,8-9H,4-5,7H2,1-3H3. The molecule has 0 radical (unpaired) electrons. The quantitative estimate of drug-likeness (QED) is 0.785. The Morgan fingerprint density at radius 2 is 2.31 bits per heavy atom. The zero-order valence-corrected chi connectivity index (χ0v) is 10.1. The third kappa shape index (κ3) is 2.43. The van der Waals surface area contributed by atoms with Crippen molar-refractivity contribution >= 4 is 5.91 Å². The summed E-state index contributed by atoms with van der Waals surface area (Å²) < 4.78 is 5.17. The molecule has 0 saturated heterocycles. The Bertz CT molecular complexity index is 380. The van der Waals surface area contributed by atoms with Crippen LogP contribution in [-0.2, 0) is 0 Å². The molecule has 0 N–H and O–H groups in total. The molecule has 1 aromatic rings. The van der Waals surface area contributed by atoms with Crippen molar-refractivity contribution < 1.29 is 9.32 Å². The van der Waals surface area contributed by atoms with Gasteiger partial charge in [-0.2, -0.15) is 0 Å². The van der Waals surface area contributed by atoms with E-state index < -0.39 is 0 Å². The van der Waals surface area contributed by atoms with Gasteiger partial charge in [-0.3, -0.25) is 4.79 Å². The fraction of sp³-hybridized carbons (Fsp3) is 0.667. The summed E-state index contributed by atoms with van der Waals surface area (Å²) >= 11 is 0. The van der Waals surface area contributed by atoms with E-state index in [1.165, 1.54) is 0 Å². The number of amides is 1. The molecule has 1 aliphatic rings. The summed E-state index contributed by atoms with van der Waals surface area (Å²) in [7, 11) is 1.80. The van der Waals surface area contributed by atoms with Gasteiger partial charge in [0, 0.05) is 25.6 Å². The molecule has 1 aliphatic carbocycles. The highest BCUT2D eigenvalue weighted by Crippen LogP contribution is 2.40. The second-order valence-corrected chi connectivity index (χ2v) is 4.97. The monoisotopic (exact) mass is 222 g/mol. The van der Waals surface area contributed by atoms with Gasteiger partial charge in [0.05, 0.1) is 0 Å². The molecule has 1 amide bonds. The fourth-order valence-electron chi connectivity index (χ4n) is 1.78. The lowest BCUT2D eigenvalue weighted by molar-refractivity contribution is 0.0768. The Morgan fingerprint density at radius 1 is 1.62 bits per heavy atom. The summed E-state index contributed by atoms with van der Waals surface area (Å²) in [6.07, 6.45) is 2.31. The van der Waals surface area contributed by atoms with Gasteiger partial charge in [-0.15, -0.1) is 0 Å². The van der Waals surface area contributed by atoms with Crippen LogP contribution < -0.4 is 0 Å². The number of hydrogen-bond donors (Lipinski definition) is 0. The van der Waals surface area contributed by atoms with E-state index in [1.54, 1.807) is 18.0 Å². The number of carbonyl (C=O) groups is 1. The van der Waals surface area contributed by atoms with Crippen molar-refractivity contribution in [3.63, 3.8) is 0 Å². The number of carbonyl (C=O) groups excluding carboxylic acids is 1. The first-order valence-corrected chi connectivity index (χ1v) is 5.80. The summed E-state index contributed by atoms with van der Waals surface area (Å²) in [4.78, 5) is 13.6. The maximum atomic E-state index is 11.9. The average molecular weight is 222 g/mol. The van der Waals surface area contributed by atoms with Crippen LogP contribution in [0.2, 0.25) is 0 Å². The van der Waals surface area contributed by atoms with Gasteiger partial charge >= 0.3 is 0 Å². The van der Waals surface area contributed by atoms with Crippen molar-refractivity contribution in [3.05, 3.63) is 17.5 Å². The Hall–Kier alpha value is -1.32. The molecule has 16 heavy (non-hydrogen) atoms. The van der Waals surface area contributed by atoms with Crippen LogP contribution in [0.5, 0.6) is 0 Å². The zero-order valence-electron chi connectivity index (χ0n) is 10.1. The third-order valence-corrected chi connectivity index (χ3v) is 2.71. The van der Waals surface area contributed by atoms with Crippen LogP contribution in [0.4, 0.5) is 0 Å². The molecule has 0 spiro atoms. The Labute approximate surface area is 95.6 Å². The molecule has 1 saturated carbocycles. The number of rotatable bonds is 4. The number of nitrogens with zero attached hydrogens (tertiary/aromatic N) is 2. The lowest BCUT2D eigenvalue weighted by atomic mass is 10.2. The van der Waals surface area contributed by atoms with Crippen molar-refractivity contribution in [1.29, 1.82) is 0 Å². The van der Waals surface area contributed by atoms with Gasteiger partial charge in [0.15, 0.2) is 5.69 Å². The first-order valence-electron chi connectivity index (χ1n) is 5.80. The normalized spacial score (nSPS) is 15.5. The molecule has 2 rings (SSSR count). The largest absolute Gasteiger partial charge is 0.360 e. The molecule has 1 aromatic heterocycles. The van der Waals surface area contributed by atoms with Crippen LogP contribution in [0.15, 0.2) is 10.6 Å². The second kappa shape index (κ2) is 4.28. The van der Waals surface area contributed by atoms with Crippen molar-refractivity contribution in [2.45, 2.75) is 32.6 Å². The molecule has 1 heterocycles. The molecule has 0 aliphatic heterocycles. The van der Waals surface area contributed by atoms with E-state index in [-0.39, 0.29) is 5.91 Å². The molecular weight excluding hydrogens is 204 g/mol. The Kier molecular flexibility index (Phi) is 2.99. The Morgan fingerprint density at radius 3 is 2.88 bits per heavy atom. The van der Waals surface area contributed by atoms with E-state index in [9.17, 15) is 4.79 Å². The minimum absolute atomic E-state index is 0.0515. The van der Waals surface area contributed by atoms with Gasteiger partial charge in [-0.25, -0.2) is 0 Å². The van der Waals surface area contributed by atoms with Crippen LogP contribution in [-0.4, -0.2) is 29.6 Å². The maximum Gasteiger partial charge on any atom is 0.275 e. The number of aromatic nitrogens is 1. The van der Waals surface area contributed by atoms with Gasteiger partial charge in [-0.05, 0) is 18.8 Å². The van der Waals surface area contributed by atoms with Gasteiger partial charge < -0.3 is 9.42 Å². The van der Waals surface area contributed by atoms with Gasteiger partial charge in [0.25, 0.3) is 5.91 Å². The van der Waals surface area contributed by atoms with E-state index in [0.717, 1.165) is 25.1 Å². The topological polar surface area (TPSA) is 46.3 Å². The fourth-order valence-corrected chi connectivity index (χ4v) is 1.78. The minimum atomic E-state index is -0.0515.